The molecule has 116 valence electrons. The minimum Gasteiger partial charge on any atom is -0.481 e. The van der Waals surface area contributed by atoms with Gasteiger partial charge in [-0.25, -0.2) is 0 Å². The molecule has 6 nitrogen and oxygen atoms in total. The lowest BCUT2D eigenvalue weighted by Crippen LogP contribution is -2.34. The number of aliphatic carboxylic acids is 1. The van der Waals surface area contributed by atoms with Crippen molar-refractivity contribution in [2.24, 2.45) is 5.92 Å². The van der Waals surface area contributed by atoms with Gasteiger partial charge in [0.1, 0.15) is 0 Å². The van der Waals surface area contributed by atoms with Crippen molar-refractivity contribution in [2.75, 3.05) is 18.0 Å². The second-order valence-corrected chi connectivity index (χ2v) is 5.74. The monoisotopic (exact) mass is 293 g/mol. The van der Waals surface area contributed by atoms with Crippen LogP contribution >= 0.6 is 0 Å². The fourth-order valence-electron chi connectivity index (χ4n) is 2.57. The van der Waals surface area contributed by atoms with Gasteiger partial charge >= 0.3 is 5.97 Å². The van der Waals surface area contributed by atoms with Gasteiger partial charge in [-0.1, -0.05) is 0 Å². The Bertz CT molecular complexity index is 471. The lowest BCUT2D eigenvalue weighted by atomic mass is 9.92. The Morgan fingerprint density at radius 2 is 2.14 bits per heavy atom. The SMILES string of the molecule is CC(C)Oc1cncc(N2CCC(CCC(=O)O)CC2)n1. The van der Waals surface area contributed by atoms with Gasteiger partial charge in [0, 0.05) is 19.5 Å². The molecule has 2 rings (SSSR count). The zero-order valence-electron chi connectivity index (χ0n) is 12.7. The molecule has 1 N–H and O–H groups in total. The maximum absolute atomic E-state index is 10.6. The number of piperidine rings is 1. The lowest BCUT2D eigenvalue weighted by molar-refractivity contribution is -0.137. The number of hydrogen-bond acceptors (Lipinski definition) is 5. The van der Waals surface area contributed by atoms with Gasteiger partial charge in [-0.2, -0.15) is 4.98 Å². The Kier molecular flexibility index (Phi) is 5.36. The first-order valence-electron chi connectivity index (χ1n) is 7.50. The van der Waals surface area contributed by atoms with E-state index in [2.05, 4.69) is 14.9 Å². The van der Waals surface area contributed by atoms with Crippen LogP contribution < -0.4 is 9.64 Å². The van der Waals surface area contributed by atoms with E-state index in [1.807, 2.05) is 13.8 Å². The second kappa shape index (κ2) is 7.24. The van der Waals surface area contributed by atoms with Crippen LogP contribution in [0.2, 0.25) is 0 Å². The summed E-state index contributed by atoms with van der Waals surface area (Å²) in [6, 6.07) is 0. The summed E-state index contributed by atoms with van der Waals surface area (Å²) in [7, 11) is 0. The van der Waals surface area contributed by atoms with Crippen LogP contribution in [0.3, 0.4) is 0 Å². The van der Waals surface area contributed by atoms with E-state index in [1.165, 1.54) is 0 Å². The van der Waals surface area contributed by atoms with E-state index in [9.17, 15) is 4.79 Å². The highest BCUT2D eigenvalue weighted by Crippen LogP contribution is 2.25. The standard InChI is InChI=1S/C15H23N3O3/c1-11(2)21-14-10-16-9-13(17-14)18-7-5-12(6-8-18)3-4-15(19)20/h9-12H,3-8H2,1-2H3,(H,19,20). The fourth-order valence-corrected chi connectivity index (χ4v) is 2.57. The topological polar surface area (TPSA) is 75.5 Å². The van der Waals surface area contributed by atoms with Crippen LogP contribution in [0.15, 0.2) is 12.4 Å². The maximum Gasteiger partial charge on any atom is 0.303 e. The number of aromatic nitrogens is 2. The normalized spacial score (nSPS) is 16.2. The van der Waals surface area contributed by atoms with Gasteiger partial charge in [-0.05, 0) is 39.0 Å². The van der Waals surface area contributed by atoms with Crippen LogP contribution in [0, 0.1) is 5.92 Å². The highest BCUT2D eigenvalue weighted by Gasteiger charge is 2.21. The molecule has 6 heteroatoms. The van der Waals surface area contributed by atoms with Crippen molar-refractivity contribution in [2.45, 2.75) is 45.6 Å². The van der Waals surface area contributed by atoms with E-state index in [0.717, 1.165) is 38.2 Å². The molecule has 0 unspecified atom stereocenters. The predicted molar refractivity (Wildman–Crippen MR) is 79.6 cm³/mol. The molecule has 1 aromatic rings. The Morgan fingerprint density at radius 3 is 2.76 bits per heavy atom. The average molecular weight is 293 g/mol. The number of carbonyl (C=O) groups is 1. The van der Waals surface area contributed by atoms with E-state index < -0.39 is 5.97 Å². The zero-order chi connectivity index (χ0) is 15.2. The van der Waals surface area contributed by atoms with Gasteiger partial charge in [0.25, 0.3) is 0 Å². The lowest BCUT2D eigenvalue weighted by Gasteiger charge is -2.32. The summed E-state index contributed by atoms with van der Waals surface area (Å²) in [6.45, 7) is 5.71. The second-order valence-electron chi connectivity index (χ2n) is 5.74. The molecule has 1 aliphatic rings. The number of ether oxygens (including phenoxy) is 1. The van der Waals surface area contributed by atoms with Gasteiger partial charge < -0.3 is 14.7 Å². The van der Waals surface area contributed by atoms with Crippen molar-refractivity contribution in [1.29, 1.82) is 0 Å². The molecular formula is C15H23N3O3. The van der Waals surface area contributed by atoms with Crippen LogP contribution in [-0.2, 0) is 4.79 Å². The van der Waals surface area contributed by atoms with Crippen LogP contribution in [0.4, 0.5) is 5.82 Å². The molecule has 0 spiro atoms. The highest BCUT2D eigenvalue weighted by atomic mass is 16.5. The largest absolute Gasteiger partial charge is 0.481 e. The van der Waals surface area contributed by atoms with Gasteiger partial charge in [0.2, 0.25) is 5.88 Å². The molecule has 1 fully saturated rings. The fraction of sp³-hybridized carbons (Fsp3) is 0.667. The molecule has 1 saturated heterocycles. The number of nitrogens with zero attached hydrogens (tertiary/aromatic N) is 3. The van der Waals surface area contributed by atoms with Crippen molar-refractivity contribution in [1.82, 2.24) is 9.97 Å². The molecule has 0 radical (unpaired) electrons. The third-order valence-corrected chi connectivity index (χ3v) is 3.66. The van der Waals surface area contributed by atoms with Gasteiger partial charge in [0.15, 0.2) is 5.82 Å². The zero-order valence-corrected chi connectivity index (χ0v) is 12.7. The minimum absolute atomic E-state index is 0.0799. The molecular weight excluding hydrogens is 270 g/mol. The Labute approximate surface area is 125 Å². The highest BCUT2D eigenvalue weighted by molar-refractivity contribution is 5.66. The molecule has 0 saturated carbocycles. The molecule has 1 aliphatic heterocycles. The Hall–Kier alpha value is -1.85. The number of rotatable bonds is 6. The summed E-state index contributed by atoms with van der Waals surface area (Å²) in [5.41, 5.74) is 0. The number of carboxylic acid groups (broad SMARTS) is 1. The molecule has 0 aromatic carbocycles. The summed E-state index contributed by atoms with van der Waals surface area (Å²) in [5, 5.41) is 8.73. The molecule has 0 aliphatic carbocycles. The van der Waals surface area contributed by atoms with Crippen molar-refractivity contribution in [3.63, 3.8) is 0 Å². The maximum atomic E-state index is 10.6. The first-order chi connectivity index (χ1) is 10.0. The molecule has 0 atom stereocenters. The summed E-state index contributed by atoms with van der Waals surface area (Å²) >= 11 is 0. The average Bonchev–Trinajstić information content (AvgIpc) is 2.45. The molecule has 21 heavy (non-hydrogen) atoms. The van der Waals surface area contributed by atoms with E-state index in [4.69, 9.17) is 9.84 Å². The van der Waals surface area contributed by atoms with Crippen LogP contribution in [0.1, 0.15) is 39.5 Å². The van der Waals surface area contributed by atoms with Crippen molar-refractivity contribution >= 4 is 11.8 Å². The number of anilines is 1. The Balaban J connectivity index is 1.88. The van der Waals surface area contributed by atoms with E-state index in [-0.39, 0.29) is 12.5 Å². The first-order valence-corrected chi connectivity index (χ1v) is 7.50. The number of hydrogen-bond donors (Lipinski definition) is 1. The molecule has 0 bridgehead atoms. The van der Waals surface area contributed by atoms with Crippen molar-refractivity contribution in [3.8, 4) is 5.88 Å². The third kappa shape index (κ3) is 4.88. The molecule has 1 aromatic heterocycles. The Morgan fingerprint density at radius 1 is 1.43 bits per heavy atom. The van der Waals surface area contributed by atoms with E-state index in [0.29, 0.717) is 11.8 Å². The predicted octanol–water partition coefficient (Wildman–Crippen LogP) is 2.35. The van der Waals surface area contributed by atoms with Crippen LogP contribution in [-0.4, -0.2) is 40.2 Å². The van der Waals surface area contributed by atoms with E-state index in [1.54, 1.807) is 12.4 Å². The van der Waals surface area contributed by atoms with Crippen LogP contribution in [0.25, 0.3) is 0 Å². The quantitative estimate of drug-likeness (QED) is 0.867. The summed E-state index contributed by atoms with van der Waals surface area (Å²) < 4.78 is 5.57. The summed E-state index contributed by atoms with van der Waals surface area (Å²) in [4.78, 5) is 21.5. The van der Waals surface area contributed by atoms with Gasteiger partial charge in [-0.3, -0.25) is 9.78 Å². The van der Waals surface area contributed by atoms with Gasteiger partial charge in [0.05, 0.1) is 18.5 Å². The molecule has 0 amide bonds. The summed E-state index contributed by atoms with van der Waals surface area (Å²) in [6.07, 6.45) is 6.51. The minimum atomic E-state index is -0.707. The van der Waals surface area contributed by atoms with Crippen molar-refractivity contribution < 1.29 is 14.6 Å². The third-order valence-electron chi connectivity index (χ3n) is 3.66. The van der Waals surface area contributed by atoms with Gasteiger partial charge in [-0.15, -0.1) is 0 Å². The number of carboxylic acids is 1. The molecule has 2 heterocycles. The van der Waals surface area contributed by atoms with E-state index >= 15 is 0 Å². The summed E-state index contributed by atoms with van der Waals surface area (Å²) in [5.74, 6) is 1.18. The first kappa shape index (κ1) is 15.5. The van der Waals surface area contributed by atoms with Crippen molar-refractivity contribution in [3.05, 3.63) is 12.4 Å². The smallest absolute Gasteiger partial charge is 0.303 e. The van der Waals surface area contributed by atoms with Crippen LogP contribution in [0.5, 0.6) is 5.88 Å².